The lowest BCUT2D eigenvalue weighted by Crippen LogP contribution is -2.18. The summed E-state index contributed by atoms with van der Waals surface area (Å²) in [7, 11) is -4.48. The summed E-state index contributed by atoms with van der Waals surface area (Å²) in [5.41, 5.74) is -3.74. The lowest BCUT2D eigenvalue weighted by molar-refractivity contribution is 0.0869. The Labute approximate surface area is 108 Å². The Bertz CT molecular complexity index is 324. The fourth-order valence-electron chi connectivity index (χ4n) is 1.24. The van der Waals surface area contributed by atoms with Crippen LogP contribution >= 0.6 is 7.60 Å². The van der Waals surface area contributed by atoms with Crippen LogP contribution in [0.25, 0.3) is 0 Å². The zero-order valence-corrected chi connectivity index (χ0v) is 12.1. The van der Waals surface area contributed by atoms with Gasteiger partial charge in [0.15, 0.2) is 0 Å². The molecule has 0 aliphatic carbocycles. The SMILES string of the molecule is CCCCCC#CC(F)(F)P(=O)(OCC)OCC. The second-order valence-corrected chi connectivity index (χ2v) is 5.71. The van der Waals surface area contributed by atoms with Gasteiger partial charge in [-0.1, -0.05) is 25.7 Å². The fraction of sp³-hybridized carbons (Fsp3) is 0.833. The maximum Gasteiger partial charge on any atom is 0.412 e. The molecule has 0 amide bonds. The molecule has 0 spiro atoms. The zero-order chi connectivity index (χ0) is 14.1. The molecule has 3 nitrogen and oxygen atoms in total. The fourth-order valence-corrected chi connectivity index (χ4v) is 2.53. The molecule has 0 atom stereocenters. The lowest BCUT2D eigenvalue weighted by atomic mass is 10.2. The van der Waals surface area contributed by atoms with Crippen molar-refractivity contribution in [1.82, 2.24) is 0 Å². The first-order valence-electron chi connectivity index (χ1n) is 6.20. The quantitative estimate of drug-likeness (QED) is 0.375. The molecule has 106 valence electrons. The predicted molar refractivity (Wildman–Crippen MR) is 67.7 cm³/mol. The van der Waals surface area contributed by atoms with Crippen molar-refractivity contribution in [2.45, 2.75) is 52.1 Å². The van der Waals surface area contributed by atoms with E-state index >= 15 is 0 Å². The van der Waals surface area contributed by atoms with Crippen LogP contribution in [0.3, 0.4) is 0 Å². The number of alkyl halides is 2. The van der Waals surface area contributed by atoms with Crippen molar-refractivity contribution in [1.29, 1.82) is 0 Å². The summed E-state index contributed by atoms with van der Waals surface area (Å²) in [5, 5.41) is 0. The van der Waals surface area contributed by atoms with Crippen LogP contribution in [0.2, 0.25) is 0 Å². The maximum absolute atomic E-state index is 13.7. The molecule has 0 saturated heterocycles. The van der Waals surface area contributed by atoms with Crippen molar-refractivity contribution in [3.63, 3.8) is 0 Å². The van der Waals surface area contributed by atoms with E-state index in [9.17, 15) is 13.3 Å². The van der Waals surface area contributed by atoms with Gasteiger partial charge in [0.25, 0.3) is 0 Å². The molecule has 0 saturated carbocycles. The Kier molecular flexibility index (Phi) is 8.43. The second kappa shape index (κ2) is 8.63. The summed E-state index contributed by atoms with van der Waals surface area (Å²) >= 11 is 0. The largest absolute Gasteiger partial charge is 0.412 e. The third kappa shape index (κ3) is 5.48. The molecule has 0 aromatic carbocycles. The monoisotopic (exact) mass is 282 g/mol. The third-order valence-corrected chi connectivity index (χ3v) is 4.08. The van der Waals surface area contributed by atoms with Gasteiger partial charge in [0.2, 0.25) is 0 Å². The zero-order valence-electron chi connectivity index (χ0n) is 11.2. The number of rotatable bonds is 8. The highest BCUT2D eigenvalue weighted by Crippen LogP contribution is 2.61. The topological polar surface area (TPSA) is 35.5 Å². The van der Waals surface area contributed by atoms with Gasteiger partial charge in [-0.3, -0.25) is 4.57 Å². The summed E-state index contributed by atoms with van der Waals surface area (Å²) in [6, 6.07) is 0. The van der Waals surface area contributed by atoms with E-state index in [0.717, 1.165) is 19.3 Å². The van der Waals surface area contributed by atoms with E-state index in [1.807, 2.05) is 6.92 Å². The van der Waals surface area contributed by atoms with Crippen LogP contribution in [-0.2, 0) is 13.6 Å². The van der Waals surface area contributed by atoms with E-state index in [1.54, 1.807) is 5.92 Å². The molecule has 0 bridgehead atoms. The van der Waals surface area contributed by atoms with Crippen molar-refractivity contribution in [3.05, 3.63) is 0 Å². The summed E-state index contributed by atoms with van der Waals surface area (Å²) in [6.45, 7) is 4.77. The van der Waals surface area contributed by atoms with Gasteiger partial charge in [-0.2, -0.15) is 8.78 Å². The van der Waals surface area contributed by atoms with Gasteiger partial charge in [-0.25, -0.2) is 0 Å². The molecule has 0 fully saturated rings. The Hall–Kier alpha value is -0.430. The van der Waals surface area contributed by atoms with E-state index in [-0.39, 0.29) is 13.2 Å². The first-order chi connectivity index (χ1) is 8.43. The minimum absolute atomic E-state index is 0.107. The Morgan fingerprint density at radius 3 is 2.11 bits per heavy atom. The average molecular weight is 282 g/mol. The number of unbranched alkanes of at least 4 members (excludes halogenated alkanes) is 3. The third-order valence-electron chi connectivity index (χ3n) is 2.09. The molecular weight excluding hydrogens is 261 g/mol. The Morgan fingerprint density at radius 1 is 1.11 bits per heavy atom. The van der Waals surface area contributed by atoms with E-state index in [4.69, 9.17) is 0 Å². The standard InChI is InChI=1S/C12H21F2O3P/c1-4-7-8-9-10-11-12(13,14)18(15,16-5-2)17-6-3/h4-9H2,1-3H3. The minimum atomic E-state index is -4.48. The first-order valence-corrected chi connectivity index (χ1v) is 7.74. The summed E-state index contributed by atoms with van der Waals surface area (Å²) in [6.07, 6.45) is 3.05. The maximum atomic E-state index is 13.7. The summed E-state index contributed by atoms with van der Waals surface area (Å²) in [4.78, 5) is 0. The molecule has 0 radical (unpaired) electrons. The van der Waals surface area contributed by atoms with E-state index < -0.39 is 13.3 Å². The van der Waals surface area contributed by atoms with Crippen LogP contribution in [0.4, 0.5) is 8.78 Å². The van der Waals surface area contributed by atoms with Crippen molar-refractivity contribution < 1.29 is 22.4 Å². The highest BCUT2D eigenvalue weighted by atomic mass is 31.2. The van der Waals surface area contributed by atoms with Crippen LogP contribution in [0, 0.1) is 11.8 Å². The molecule has 0 unspecified atom stereocenters. The van der Waals surface area contributed by atoms with Gasteiger partial charge in [0.1, 0.15) is 0 Å². The first kappa shape index (κ1) is 17.6. The van der Waals surface area contributed by atoms with E-state index in [1.165, 1.54) is 13.8 Å². The van der Waals surface area contributed by atoms with Crippen LogP contribution in [0.5, 0.6) is 0 Å². The molecule has 0 heterocycles. The normalized spacial score (nSPS) is 12.1. The number of hydrogen-bond acceptors (Lipinski definition) is 3. The van der Waals surface area contributed by atoms with Gasteiger partial charge in [0.05, 0.1) is 13.2 Å². The highest BCUT2D eigenvalue weighted by molar-refractivity contribution is 7.55. The van der Waals surface area contributed by atoms with Gasteiger partial charge in [-0.05, 0) is 26.2 Å². The molecule has 0 N–H and O–H groups in total. The molecule has 0 aliphatic rings. The second-order valence-electron chi connectivity index (χ2n) is 3.63. The summed E-state index contributed by atoms with van der Waals surface area (Å²) < 4.78 is 48.4. The van der Waals surface area contributed by atoms with Crippen molar-refractivity contribution in [2.24, 2.45) is 0 Å². The van der Waals surface area contributed by atoms with Crippen LogP contribution < -0.4 is 0 Å². The van der Waals surface area contributed by atoms with Crippen LogP contribution in [0.15, 0.2) is 0 Å². The molecule has 18 heavy (non-hydrogen) atoms. The average Bonchev–Trinajstić information content (AvgIpc) is 2.29. The van der Waals surface area contributed by atoms with Crippen molar-refractivity contribution in [3.8, 4) is 11.8 Å². The number of hydrogen-bond donors (Lipinski definition) is 0. The smallest absolute Gasteiger partial charge is 0.304 e. The van der Waals surface area contributed by atoms with Gasteiger partial charge in [-0.15, -0.1) is 0 Å². The molecule has 0 aliphatic heterocycles. The number of halogens is 2. The van der Waals surface area contributed by atoms with Crippen LogP contribution in [-0.4, -0.2) is 18.9 Å². The van der Waals surface area contributed by atoms with E-state index in [2.05, 4.69) is 15.0 Å². The molecular formula is C12H21F2O3P. The molecule has 0 rings (SSSR count). The van der Waals surface area contributed by atoms with E-state index in [0.29, 0.717) is 6.42 Å². The van der Waals surface area contributed by atoms with Crippen LogP contribution in [0.1, 0.15) is 46.5 Å². The van der Waals surface area contributed by atoms with Gasteiger partial charge < -0.3 is 9.05 Å². The summed E-state index contributed by atoms with van der Waals surface area (Å²) in [5.74, 6) is 4.08. The Morgan fingerprint density at radius 2 is 1.67 bits per heavy atom. The Balaban J connectivity index is 4.68. The van der Waals surface area contributed by atoms with Gasteiger partial charge >= 0.3 is 13.3 Å². The predicted octanol–water partition coefficient (Wildman–Crippen LogP) is 4.43. The molecule has 6 heteroatoms. The lowest BCUT2D eigenvalue weighted by Gasteiger charge is -2.21. The molecule has 0 aromatic rings. The molecule has 0 aromatic heterocycles. The minimum Gasteiger partial charge on any atom is -0.304 e. The van der Waals surface area contributed by atoms with Crippen molar-refractivity contribution in [2.75, 3.05) is 13.2 Å². The van der Waals surface area contributed by atoms with Gasteiger partial charge in [0, 0.05) is 6.42 Å². The van der Waals surface area contributed by atoms with Crippen molar-refractivity contribution >= 4 is 7.60 Å². The highest BCUT2D eigenvalue weighted by Gasteiger charge is 2.52.